The molecule has 0 aromatic heterocycles. The van der Waals surface area contributed by atoms with Gasteiger partial charge in [-0.3, -0.25) is 14.4 Å². The lowest BCUT2D eigenvalue weighted by Gasteiger charge is -1.69. The molecule has 6 heteroatoms. The molecule has 0 atom stereocenters. The van der Waals surface area contributed by atoms with E-state index in [4.69, 9.17) is 30.6 Å². The Balaban J connectivity index is -0.000000140. The van der Waals surface area contributed by atoms with Crippen LogP contribution in [0.2, 0.25) is 0 Å². The minimum atomic E-state index is 0.500. The summed E-state index contributed by atoms with van der Waals surface area (Å²) in [4.78, 5) is 24.7. The van der Waals surface area contributed by atoms with Crippen molar-refractivity contribution in [3.63, 3.8) is 0 Å². The molecule has 1 aromatic carbocycles. The normalized spacial score (nSPS) is 4.80. The standard InChI is InChI=1S/C6H6.3CNO/c1-2-4-6-5-3-1;3*2-1-3/h1-6H;;;/q;3*-1. The molecule has 0 bridgehead atoms. The molecule has 0 aliphatic carbocycles. The molecule has 0 saturated carbocycles. The number of benzene rings is 1. The number of rotatable bonds is 0. The summed E-state index contributed by atoms with van der Waals surface area (Å²) >= 11 is 0. The van der Waals surface area contributed by atoms with Crippen LogP contribution in [0.15, 0.2) is 36.4 Å². The van der Waals surface area contributed by atoms with Crippen LogP contribution in [0.4, 0.5) is 0 Å². The van der Waals surface area contributed by atoms with E-state index in [-0.39, 0.29) is 0 Å². The molecule has 0 unspecified atom stereocenters. The van der Waals surface area contributed by atoms with Crippen molar-refractivity contribution >= 4 is 18.2 Å². The number of nitrogens with zero attached hydrogens (tertiary/aromatic N) is 3. The minimum absolute atomic E-state index is 0.500. The Morgan fingerprint density at radius 2 is 0.600 bits per heavy atom. The Kier molecular flexibility index (Phi) is 36.6. The minimum Gasteiger partial charge on any atom is -0.724 e. The molecule has 78 valence electrons. The third kappa shape index (κ3) is 88.2. The van der Waals surface area contributed by atoms with Gasteiger partial charge in [0.05, 0.1) is 0 Å². The second-order valence-electron chi connectivity index (χ2n) is 1.43. The third-order valence-electron chi connectivity index (χ3n) is 0.667. The molecule has 0 radical (unpaired) electrons. The van der Waals surface area contributed by atoms with Gasteiger partial charge < -0.3 is 16.2 Å². The average molecular weight is 204 g/mol. The maximum Gasteiger partial charge on any atom is -0.0159 e. The Bertz CT molecular complexity index is 251. The molecule has 1 rings (SSSR count). The smallest absolute Gasteiger partial charge is 0.0159 e. The lowest BCUT2D eigenvalue weighted by Crippen LogP contribution is -1.47. The highest BCUT2D eigenvalue weighted by Gasteiger charge is 1.57. The average Bonchev–Trinajstić information content (AvgIpc) is 2.24. The first-order chi connectivity index (χ1) is 7.24. The van der Waals surface area contributed by atoms with Crippen LogP contribution in [0.5, 0.6) is 0 Å². The highest BCUT2D eigenvalue weighted by molar-refractivity contribution is 5.37. The zero-order valence-electron chi connectivity index (χ0n) is 7.53. The van der Waals surface area contributed by atoms with Gasteiger partial charge in [-0.1, -0.05) is 36.4 Å². The zero-order valence-corrected chi connectivity index (χ0v) is 7.53. The summed E-state index contributed by atoms with van der Waals surface area (Å²) in [6.07, 6.45) is 1.50. The fourth-order valence-corrected chi connectivity index (χ4v) is 0.385. The van der Waals surface area contributed by atoms with E-state index in [9.17, 15) is 0 Å². The van der Waals surface area contributed by atoms with Crippen LogP contribution in [0.3, 0.4) is 0 Å². The third-order valence-corrected chi connectivity index (χ3v) is 0.667. The summed E-state index contributed by atoms with van der Waals surface area (Å²) in [7, 11) is 0. The Morgan fingerprint density at radius 1 is 0.533 bits per heavy atom. The lowest BCUT2D eigenvalue weighted by molar-refractivity contribution is 0.568. The fraction of sp³-hybridized carbons (Fsp3) is 0. The molecule has 15 heavy (non-hydrogen) atoms. The van der Waals surface area contributed by atoms with Crippen molar-refractivity contribution in [2.24, 2.45) is 0 Å². The molecule has 0 heterocycles. The van der Waals surface area contributed by atoms with Crippen molar-refractivity contribution in [3.05, 3.63) is 52.6 Å². The van der Waals surface area contributed by atoms with E-state index in [0.29, 0.717) is 18.2 Å². The summed E-state index contributed by atoms with van der Waals surface area (Å²) < 4.78 is 0. The molecule has 0 amide bonds. The van der Waals surface area contributed by atoms with Gasteiger partial charge in [0.2, 0.25) is 0 Å². The summed E-state index contributed by atoms with van der Waals surface area (Å²) in [6.45, 7) is 0. The molecular formula is C9H6N3O3-3. The maximum absolute atomic E-state index is 8.24. The van der Waals surface area contributed by atoms with Crippen molar-refractivity contribution in [1.29, 1.82) is 0 Å². The van der Waals surface area contributed by atoms with Gasteiger partial charge in [-0.2, -0.15) is 0 Å². The fourth-order valence-electron chi connectivity index (χ4n) is 0.385. The van der Waals surface area contributed by atoms with E-state index < -0.39 is 0 Å². The molecular weight excluding hydrogens is 198 g/mol. The second kappa shape index (κ2) is 30.1. The topological polar surface area (TPSA) is 118 Å². The van der Waals surface area contributed by atoms with Crippen molar-refractivity contribution < 1.29 is 14.4 Å². The highest BCUT2D eigenvalue weighted by Crippen LogP contribution is 1.79. The molecule has 0 saturated heterocycles. The summed E-state index contributed by atoms with van der Waals surface area (Å²) in [5, 5.41) is 20.3. The molecule has 0 spiro atoms. The first kappa shape index (κ1) is 18.2. The van der Waals surface area contributed by atoms with Crippen LogP contribution in [-0.4, -0.2) is 18.2 Å². The van der Waals surface area contributed by atoms with Crippen LogP contribution < -0.4 is 0 Å². The molecule has 0 N–H and O–H groups in total. The quantitative estimate of drug-likeness (QED) is 0.468. The van der Waals surface area contributed by atoms with E-state index in [1.807, 2.05) is 36.4 Å². The SMILES string of the molecule is [N-]=C=O.[N-]=C=O.[N-]=C=O.c1ccccc1. The van der Waals surface area contributed by atoms with Gasteiger partial charge in [0.1, 0.15) is 0 Å². The summed E-state index contributed by atoms with van der Waals surface area (Å²) in [5.41, 5.74) is 0. The molecule has 6 nitrogen and oxygen atoms in total. The van der Waals surface area contributed by atoms with E-state index in [2.05, 4.69) is 0 Å². The lowest BCUT2D eigenvalue weighted by atomic mass is 10.4. The first-order valence-electron chi connectivity index (χ1n) is 3.28. The van der Waals surface area contributed by atoms with Gasteiger partial charge in [0.15, 0.2) is 0 Å². The van der Waals surface area contributed by atoms with Crippen molar-refractivity contribution in [1.82, 2.24) is 0 Å². The van der Waals surface area contributed by atoms with Gasteiger partial charge in [-0.25, -0.2) is 0 Å². The van der Waals surface area contributed by atoms with Crippen molar-refractivity contribution in [3.8, 4) is 0 Å². The van der Waals surface area contributed by atoms with E-state index >= 15 is 0 Å². The Morgan fingerprint density at radius 3 is 0.667 bits per heavy atom. The van der Waals surface area contributed by atoms with Gasteiger partial charge >= 0.3 is 0 Å². The van der Waals surface area contributed by atoms with Crippen molar-refractivity contribution in [2.45, 2.75) is 0 Å². The molecule has 0 fully saturated rings. The van der Waals surface area contributed by atoms with Gasteiger partial charge in [0.25, 0.3) is 0 Å². The highest BCUT2D eigenvalue weighted by atomic mass is 16.1. The second-order valence-corrected chi connectivity index (χ2v) is 1.43. The van der Waals surface area contributed by atoms with E-state index in [1.165, 1.54) is 0 Å². The number of hydrogen-bond acceptors (Lipinski definition) is 3. The van der Waals surface area contributed by atoms with E-state index in [0.717, 1.165) is 0 Å². The largest absolute Gasteiger partial charge is 0.724 e. The predicted octanol–water partition coefficient (Wildman–Crippen LogP) is 1.36. The summed E-state index contributed by atoms with van der Waals surface area (Å²) in [5.74, 6) is 0. The van der Waals surface area contributed by atoms with Crippen LogP contribution >= 0.6 is 0 Å². The van der Waals surface area contributed by atoms with Crippen LogP contribution in [-0.2, 0) is 14.4 Å². The van der Waals surface area contributed by atoms with Crippen LogP contribution in [0, 0.1) is 0 Å². The Labute approximate surface area is 86.1 Å². The van der Waals surface area contributed by atoms with Crippen LogP contribution in [0.1, 0.15) is 0 Å². The van der Waals surface area contributed by atoms with E-state index in [1.54, 1.807) is 0 Å². The number of carbonyl (C=O) groups excluding carboxylic acids is 3. The first-order valence-corrected chi connectivity index (χ1v) is 3.28. The molecule has 1 aromatic rings. The molecule has 0 aliphatic heterocycles. The number of isocyanates is 3. The van der Waals surface area contributed by atoms with Crippen molar-refractivity contribution in [2.75, 3.05) is 0 Å². The van der Waals surface area contributed by atoms with Gasteiger partial charge in [0, 0.05) is 0 Å². The predicted molar refractivity (Wildman–Crippen MR) is 53.6 cm³/mol. The van der Waals surface area contributed by atoms with Gasteiger partial charge in [-0.05, 0) is 18.2 Å². The Hall–Kier alpha value is -2.64. The van der Waals surface area contributed by atoms with Crippen LogP contribution in [0.25, 0.3) is 16.2 Å². The number of hydrogen-bond donors (Lipinski definition) is 0. The van der Waals surface area contributed by atoms with Gasteiger partial charge in [-0.15, -0.1) is 0 Å². The maximum atomic E-state index is 8.24. The monoisotopic (exact) mass is 204 g/mol. The zero-order chi connectivity index (χ0) is 12.4. The summed E-state index contributed by atoms with van der Waals surface area (Å²) in [6, 6.07) is 12.0. The molecule has 0 aliphatic rings.